The van der Waals surface area contributed by atoms with E-state index in [1.165, 1.54) is 12.1 Å². The third kappa shape index (κ3) is 5.32. The first-order valence-corrected chi connectivity index (χ1v) is 13.0. The van der Waals surface area contributed by atoms with Crippen molar-refractivity contribution in [2.45, 2.75) is 11.8 Å². The van der Waals surface area contributed by atoms with Crippen LogP contribution in [0.3, 0.4) is 0 Å². The Hall–Kier alpha value is -4.52. The molecule has 0 heterocycles. The maximum absolute atomic E-state index is 10.8. The van der Waals surface area contributed by atoms with Gasteiger partial charge in [-0.1, -0.05) is 71.7 Å². The maximum atomic E-state index is 10.8. The molecule has 0 amide bonds. The van der Waals surface area contributed by atoms with E-state index in [1.807, 2.05) is 48.5 Å². The highest BCUT2D eigenvalue weighted by molar-refractivity contribution is 6.32. The Morgan fingerprint density at radius 1 is 0.375 bits per heavy atom. The zero-order valence-electron chi connectivity index (χ0n) is 20.8. The average Bonchev–Trinajstić information content (AvgIpc) is 2.93. The number of rotatable bonds is 6. The van der Waals surface area contributed by atoms with Crippen molar-refractivity contribution in [3.05, 3.63) is 140 Å². The van der Waals surface area contributed by atoms with Crippen molar-refractivity contribution in [2.75, 3.05) is 0 Å². The number of phenols is 6. The Morgan fingerprint density at radius 2 is 0.675 bits per heavy atom. The first-order valence-electron chi connectivity index (χ1n) is 12.2. The number of hydrogen-bond acceptors (Lipinski definition) is 6. The smallest absolute Gasteiger partial charge is 0.137 e. The number of phenolic OH excluding ortho intramolecular Hbond substituents is 6. The molecule has 0 aliphatic carbocycles. The van der Waals surface area contributed by atoms with E-state index in [2.05, 4.69) is 0 Å². The fourth-order valence-corrected chi connectivity index (χ4v) is 5.26. The standard InChI is InChI=1S/C32H24Cl2O6/c33-25-13-23(27(37)15-29(25)39)32(24-14-26(34)30(40)16-28(24)38)20-3-1-17(2-4-20)31(18-5-9-21(35)10-6-18)19-7-11-22(36)12-8-19/h1-16,31-32,35-40H. The van der Waals surface area contributed by atoms with Crippen LogP contribution in [0, 0.1) is 0 Å². The van der Waals surface area contributed by atoms with E-state index in [0.29, 0.717) is 16.7 Å². The fourth-order valence-electron chi connectivity index (χ4n) is 4.91. The molecule has 0 saturated carbocycles. The third-order valence-electron chi connectivity index (χ3n) is 6.87. The summed E-state index contributed by atoms with van der Waals surface area (Å²) in [6, 6.07) is 26.4. The van der Waals surface area contributed by atoms with Crippen LogP contribution in [0.5, 0.6) is 34.5 Å². The molecule has 0 fully saturated rings. The van der Waals surface area contributed by atoms with Crippen LogP contribution >= 0.6 is 23.2 Å². The summed E-state index contributed by atoms with van der Waals surface area (Å²) in [5.41, 5.74) is 4.01. The van der Waals surface area contributed by atoms with E-state index in [9.17, 15) is 30.6 Å². The van der Waals surface area contributed by atoms with Crippen LogP contribution < -0.4 is 0 Å². The van der Waals surface area contributed by atoms with E-state index in [4.69, 9.17) is 23.2 Å². The van der Waals surface area contributed by atoms with Gasteiger partial charge in [0.25, 0.3) is 0 Å². The van der Waals surface area contributed by atoms with Gasteiger partial charge in [-0.25, -0.2) is 0 Å². The van der Waals surface area contributed by atoms with Crippen molar-refractivity contribution in [3.63, 3.8) is 0 Å². The van der Waals surface area contributed by atoms with Crippen molar-refractivity contribution in [3.8, 4) is 34.5 Å². The van der Waals surface area contributed by atoms with E-state index in [1.54, 1.807) is 24.3 Å². The summed E-state index contributed by atoms with van der Waals surface area (Å²) >= 11 is 12.4. The molecule has 5 aromatic carbocycles. The molecule has 8 heteroatoms. The van der Waals surface area contributed by atoms with Gasteiger partial charge in [0.1, 0.15) is 34.5 Å². The lowest BCUT2D eigenvalue weighted by Gasteiger charge is -2.24. The molecule has 0 aromatic heterocycles. The minimum absolute atomic E-state index is 0.0125. The predicted molar refractivity (Wildman–Crippen MR) is 154 cm³/mol. The first kappa shape index (κ1) is 27.1. The average molecular weight is 575 g/mol. The van der Waals surface area contributed by atoms with Crippen LogP contribution in [0.25, 0.3) is 0 Å². The fraction of sp³-hybridized carbons (Fsp3) is 0.0625. The zero-order chi connectivity index (χ0) is 28.6. The second-order valence-electron chi connectivity index (χ2n) is 9.44. The topological polar surface area (TPSA) is 121 Å². The molecule has 0 saturated heterocycles. The molecule has 0 spiro atoms. The van der Waals surface area contributed by atoms with Crippen molar-refractivity contribution in [1.82, 2.24) is 0 Å². The molecule has 0 atom stereocenters. The van der Waals surface area contributed by atoms with E-state index in [0.717, 1.165) is 28.8 Å². The molecule has 202 valence electrons. The second-order valence-corrected chi connectivity index (χ2v) is 10.3. The number of aromatic hydroxyl groups is 6. The predicted octanol–water partition coefficient (Wildman–Crippen LogP) is 7.59. The second kappa shape index (κ2) is 10.9. The lowest BCUT2D eigenvalue weighted by Crippen LogP contribution is -2.07. The molecule has 6 N–H and O–H groups in total. The largest absolute Gasteiger partial charge is 0.508 e. The summed E-state index contributed by atoms with van der Waals surface area (Å²) in [5.74, 6) is -1.80. The van der Waals surface area contributed by atoms with Crippen molar-refractivity contribution in [1.29, 1.82) is 0 Å². The quantitative estimate of drug-likeness (QED) is 0.116. The van der Waals surface area contributed by atoms with Gasteiger partial charge in [0.2, 0.25) is 0 Å². The van der Waals surface area contributed by atoms with Gasteiger partial charge >= 0.3 is 0 Å². The van der Waals surface area contributed by atoms with Crippen LogP contribution in [0.15, 0.2) is 97.1 Å². The Kier molecular flexibility index (Phi) is 7.39. The lowest BCUT2D eigenvalue weighted by molar-refractivity contribution is 0.440. The summed E-state index contributed by atoms with van der Waals surface area (Å²) in [6.07, 6.45) is 0. The van der Waals surface area contributed by atoms with E-state index < -0.39 is 5.92 Å². The third-order valence-corrected chi connectivity index (χ3v) is 7.48. The van der Waals surface area contributed by atoms with Gasteiger partial charge in [-0.05, 0) is 58.7 Å². The van der Waals surface area contributed by atoms with Crippen LogP contribution in [0.2, 0.25) is 10.0 Å². The van der Waals surface area contributed by atoms with Crippen LogP contribution in [0.4, 0.5) is 0 Å². The molecule has 0 radical (unpaired) electrons. The summed E-state index contributed by atoms with van der Waals surface area (Å²) in [6.45, 7) is 0. The van der Waals surface area contributed by atoms with Crippen LogP contribution in [-0.4, -0.2) is 30.6 Å². The maximum Gasteiger partial charge on any atom is 0.137 e. The van der Waals surface area contributed by atoms with Gasteiger partial charge in [0.05, 0.1) is 10.0 Å². The Labute approximate surface area is 240 Å². The lowest BCUT2D eigenvalue weighted by atomic mass is 9.81. The van der Waals surface area contributed by atoms with Crippen molar-refractivity contribution in [2.24, 2.45) is 0 Å². The minimum atomic E-state index is -0.772. The highest BCUT2D eigenvalue weighted by Gasteiger charge is 2.26. The normalized spacial score (nSPS) is 11.3. The van der Waals surface area contributed by atoms with Gasteiger partial charge in [0, 0.05) is 35.1 Å². The number of halogens is 2. The zero-order valence-corrected chi connectivity index (χ0v) is 22.3. The first-order chi connectivity index (χ1) is 19.1. The van der Waals surface area contributed by atoms with Gasteiger partial charge in [-0.15, -0.1) is 0 Å². The highest BCUT2D eigenvalue weighted by atomic mass is 35.5. The SMILES string of the molecule is Oc1ccc(C(c2ccc(O)cc2)c2ccc(C(c3cc(Cl)c(O)cc3O)c3cc(Cl)c(O)cc3O)cc2)cc1. The van der Waals surface area contributed by atoms with E-state index in [-0.39, 0.29) is 50.5 Å². The van der Waals surface area contributed by atoms with Gasteiger partial charge in [-0.2, -0.15) is 0 Å². The molecule has 5 rings (SSSR count). The molecular weight excluding hydrogens is 551 g/mol. The Balaban J connectivity index is 1.66. The summed E-state index contributed by atoms with van der Waals surface area (Å²) in [7, 11) is 0. The highest BCUT2D eigenvalue weighted by Crippen LogP contribution is 2.46. The summed E-state index contributed by atoms with van der Waals surface area (Å²) in [5, 5.41) is 61.3. The van der Waals surface area contributed by atoms with Crippen LogP contribution in [0.1, 0.15) is 45.2 Å². The van der Waals surface area contributed by atoms with Crippen molar-refractivity contribution < 1.29 is 30.6 Å². The molecule has 0 aliphatic heterocycles. The van der Waals surface area contributed by atoms with Gasteiger partial charge < -0.3 is 30.6 Å². The van der Waals surface area contributed by atoms with Gasteiger partial charge in [-0.3, -0.25) is 0 Å². The molecule has 0 aliphatic rings. The van der Waals surface area contributed by atoms with Crippen LogP contribution in [-0.2, 0) is 0 Å². The molecule has 0 bridgehead atoms. The minimum Gasteiger partial charge on any atom is -0.508 e. The monoisotopic (exact) mass is 574 g/mol. The number of benzene rings is 5. The van der Waals surface area contributed by atoms with Crippen molar-refractivity contribution >= 4 is 23.2 Å². The molecule has 6 nitrogen and oxygen atoms in total. The Bertz CT molecular complexity index is 1560. The Morgan fingerprint density at radius 3 is 1.02 bits per heavy atom. The molecule has 40 heavy (non-hydrogen) atoms. The summed E-state index contributed by atoms with van der Waals surface area (Å²) in [4.78, 5) is 0. The molecular formula is C32H24Cl2O6. The van der Waals surface area contributed by atoms with Gasteiger partial charge in [0.15, 0.2) is 0 Å². The molecule has 5 aromatic rings. The molecule has 0 unspecified atom stereocenters. The van der Waals surface area contributed by atoms with E-state index >= 15 is 0 Å². The summed E-state index contributed by atoms with van der Waals surface area (Å²) < 4.78 is 0. The number of hydrogen-bond donors (Lipinski definition) is 6.